The van der Waals surface area contributed by atoms with Crippen molar-refractivity contribution in [2.24, 2.45) is 5.10 Å². The number of nitrogens with one attached hydrogen (secondary N) is 1. The van der Waals surface area contributed by atoms with Crippen molar-refractivity contribution in [2.45, 2.75) is 11.5 Å². The van der Waals surface area contributed by atoms with Gasteiger partial charge in [0.1, 0.15) is 13.2 Å². The molecule has 1 aromatic heterocycles. The van der Waals surface area contributed by atoms with Gasteiger partial charge in [-0.2, -0.15) is 5.10 Å². The molecule has 0 atom stereocenters. The van der Waals surface area contributed by atoms with Crippen molar-refractivity contribution in [3.8, 4) is 11.5 Å². The molecule has 0 saturated carbocycles. The molecule has 0 fully saturated rings. The molecular formula is C28H26N4O5S. The van der Waals surface area contributed by atoms with Gasteiger partial charge in [-0.15, -0.1) is 0 Å². The lowest BCUT2D eigenvalue weighted by Gasteiger charge is -2.23. The predicted octanol–water partition coefficient (Wildman–Crippen LogP) is 4.01. The second-order valence-electron chi connectivity index (χ2n) is 8.01. The standard InChI is InChI=1S/C28H26N4O5S/c1-36-27-17-23(14-15-26(27)37-21-22-9-4-2-5-10-22)18-30-31-28(33)20-32(24-11-8-16-29-19-24)38(34,35)25-12-6-3-7-13-25/h2-19H,20-21H2,1H3,(H,31,33)/b30-18-. The molecule has 0 spiro atoms. The summed E-state index contributed by atoms with van der Waals surface area (Å²) in [6, 6.07) is 26.0. The summed E-state index contributed by atoms with van der Waals surface area (Å²) < 4.78 is 38.8. The number of ether oxygens (including phenoxy) is 2. The average Bonchev–Trinajstić information content (AvgIpc) is 2.96. The number of amides is 1. The van der Waals surface area contributed by atoms with Crippen LogP contribution in [0.2, 0.25) is 0 Å². The number of pyridine rings is 1. The van der Waals surface area contributed by atoms with Crippen LogP contribution in [0.3, 0.4) is 0 Å². The summed E-state index contributed by atoms with van der Waals surface area (Å²) in [7, 11) is -2.48. The van der Waals surface area contributed by atoms with Gasteiger partial charge in [-0.3, -0.25) is 14.1 Å². The van der Waals surface area contributed by atoms with Gasteiger partial charge < -0.3 is 9.47 Å². The lowest BCUT2D eigenvalue weighted by Crippen LogP contribution is -2.39. The molecule has 0 aliphatic carbocycles. The van der Waals surface area contributed by atoms with E-state index in [1.54, 1.807) is 48.5 Å². The van der Waals surface area contributed by atoms with Crippen LogP contribution in [0.1, 0.15) is 11.1 Å². The molecule has 3 aromatic carbocycles. The fourth-order valence-corrected chi connectivity index (χ4v) is 4.93. The van der Waals surface area contributed by atoms with Crippen LogP contribution in [0, 0.1) is 0 Å². The third-order valence-corrected chi connectivity index (χ3v) is 7.17. The van der Waals surface area contributed by atoms with Crippen molar-refractivity contribution in [1.82, 2.24) is 10.4 Å². The van der Waals surface area contributed by atoms with Gasteiger partial charge in [0.25, 0.3) is 15.9 Å². The van der Waals surface area contributed by atoms with Crippen molar-refractivity contribution in [3.05, 3.63) is 115 Å². The SMILES string of the molecule is COc1cc(/C=N\NC(=O)CN(c2cccnc2)S(=O)(=O)c2ccccc2)ccc1OCc1ccccc1. The highest BCUT2D eigenvalue weighted by Crippen LogP contribution is 2.28. The van der Waals surface area contributed by atoms with Crippen molar-refractivity contribution in [2.75, 3.05) is 18.0 Å². The van der Waals surface area contributed by atoms with E-state index in [-0.39, 0.29) is 10.6 Å². The molecule has 0 saturated heterocycles. The van der Waals surface area contributed by atoms with Crippen molar-refractivity contribution < 1.29 is 22.7 Å². The van der Waals surface area contributed by atoms with E-state index in [4.69, 9.17) is 9.47 Å². The van der Waals surface area contributed by atoms with E-state index in [1.807, 2.05) is 30.3 Å². The minimum atomic E-state index is -4.02. The molecule has 1 N–H and O–H groups in total. The van der Waals surface area contributed by atoms with Crippen LogP contribution >= 0.6 is 0 Å². The predicted molar refractivity (Wildman–Crippen MR) is 145 cm³/mol. The van der Waals surface area contributed by atoms with E-state index in [0.29, 0.717) is 23.7 Å². The Bertz CT molecular complexity index is 1480. The molecule has 10 heteroatoms. The Labute approximate surface area is 221 Å². The first-order chi connectivity index (χ1) is 18.5. The first kappa shape index (κ1) is 26.4. The van der Waals surface area contributed by atoms with Gasteiger partial charge in [-0.05, 0) is 53.6 Å². The Hall–Kier alpha value is -4.70. The smallest absolute Gasteiger partial charge is 0.264 e. The Morgan fingerprint density at radius 3 is 2.39 bits per heavy atom. The lowest BCUT2D eigenvalue weighted by molar-refractivity contribution is -0.119. The van der Waals surface area contributed by atoms with Gasteiger partial charge in [0, 0.05) is 6.20 Å². The first-order valence-corrected chi connectivity index (χ1v) is 13.1. The zero-order chi connectivity index (χ0) is 26.8. The molecule has 0 bridgehead atoms. The highest BCUT2D eigenvalue weighted by atomic mass is 32.2. The van der Waals surface area contributed by atoms with Gasteiger partial charge in [0.15, 0.2) is 11.5 Å². The number of rotatable bonds is 11. The highest BCUT2D eigenvalue weighted by Gasteiger charge is 2.27. The third kappa shape index (κ3) is 6.74. The van der Waals surface area contributed by atoms with Crippen LogP contribution in [0.5, 0.6) is 11.5 Å². The number of nitrogens with zero attached hydrogens (tertiary/aromatic N) is 3. The van der Waals surface area contributed by atoms with Crippen LogP contribution in [-0.2, 0) is 21.4 Å². The van der Waals surface area contributed by atoms with Gasteiger partial charge in [-0.1, -0.05) is 48.5 Å². The summed E-state index contributed by atoms with van der Waals surface area (Å²) in [4.78, 5) is 16.7. The first-order valence-electron chi connectivity index (χ1n) is 11.6. The number of hydrogen-bond donors (Lipinski definition) is 1. The minimum Gasteiger partial charge on any atom is -0.493 e. The number of benzene rings is 3. The fraction of sp³-hybridized carbons (Fsp3) is 0.107. The molecule has 0 unspecified atom stereocenters. The van der Waals surface area contributed by atoms with E-state index in [1.165, 1.54) is 37.9 Å². The Balaban J connectivity index is 1.43. The maximum atomic E-state index is 13.3. The molecule has 194 valence electrons. The molecule has 0 aliphatic heterocycles. The zero-order valence-corrected chi connectivity index (χ0v) is 21.4. The van der Waals surface area contributed by atoms with Crippen LogP contribution in [0.4, 0.5) is 5.69 Å². The lowest BCUT2D eigenvalue weighted by atomic mass is 10.2. The van der Waals surface area contributed by atoms with E-state index < -0.39 is 22.5 Å². The van der Waals surface area contributed by atoms with Crippen molar-refractivity contribution >= 4 is 27.8 Å². The Morgan fingerprint density at radius 2 is 1.71 bits per heavy atom. The molecule has 4 aromatic rings. The van der Waals surface area contributed by atoms with Crippen LogP contribution in [-0.4, -0.2) is 39.2 Å². The number of sulfonamides is 1. The van der Waals surface area contributed by atoms with E-state index in [0.717, 1.165) is 9.87 Å². The minimum absolute atomic E-state index is 0.0572. The van der Waals surface area contributed by atoms with Gasteiger partial charge in [-0.25, -0.2) is 13.8 Å². The molecule has 0 radical (unpaired) electrons. The summed E-state index contributed by atoms with van der Waals surface area (Å²) in [5.74, 6) is 0.447. The summed E-state index contributed by atoms with van der Waals surface area (Å²) >= 11 is 0. The van der Waals surface area contributed by atoms with Gasteiger partial charge >= 0.3 is 0 Å². The van der Waals surface area contributed by atoms with Crippen LogP contribution in [0.25, 0.3) is 0 Å². The normalized spacial score (nSPS) is 11.2. The Kier molecular flexibility index (Phi) is 8.68. The quantitative estimate of drug-likeness (QED) is 0.232. The van der Waals surface area contributed by atoms with E-state index >= 15 is 0 Å². The van der Waals surface area contributed by atoms with E-state index in [2.05, 4.69) is 15.5 Å². The highest BCUT2D eigenvalue weighted by molar-refractivity contribution is 7.92. The second-order valence-corrected chi connectivity index (χ2v) is 9.88. The van der Waals surface area contributed by atoms with Gasteiger partial charge in [0.2, 0.25) is 0 Å². The maximum absolute atomic E-state index is 13.3. The number of carbonyl (C=O) groups excluding carboxylic acids is 1. The topological polar surface area (TPSA) is 110 Å². The number of hydrogen-bond acceptors (Lipinski definition) is 7. The number of anilines is 1. The summed E-state index contributed by atoms with van der Waals surface area (Å²) in [6.07, 6.45) is 4.33. The number of carbonyl (C=O) groups is 1. The third-order valence-electron chi connectivity index (χ3n) is 5.38. The molecule has 38 heavy (non-hydrogen) atoms. The van der Waals surface area contributed by atoms with Crippen molar-refractivity contribution in [1.29, 1.82) is 0 Å². The molecule has 1 heterocycles. The Morgan fingerprint density at radius 1 is 0.974 bits per heavy atom. The molecule has 4 rings (SSSR count). The molecule has 0 aliphatic rings. The largest absolute Gasteiger partial charge is 0.493 e. The number of methoxy groups -OCH3 is 1. The molecular weight excluding hydrogens is 504 g/mol. The zero-order valence-electron chi connectivity index (χ0n) is 20.6. The van der Waals surface area contributed by atoms with Gasteiger partial charge in [0.05, 0.1) is 30.1 Å². The summed E-state index contributed by atoms with van der Waals surface area (Å²) in [6.45, 7) is -0.101. The van der Waals surface area contributed by atoms with E-state index in [9.17, 15) is 13.2 Å². The van der Waals surface area contributed by atoms with Crippen LogP contribution < -0.4 is 19.2 Å². The average molecular weight is 531 g/mol. The molecule has 1 amide bonds. The monoisotopic (exact) mass is 530 g/mol. The second kappa shape index (κ2) is 12.5. The maximum Gasteiger partial charge on any atom is 0.264 e. The van der Waals surface area contributed by atoms with Crippen molar-refractivity contribution in [3.63, 3.8) is 0 Å². The fourth-order valence-electron chi connectivity index (χ4n) is 3.50. The van der Waals surface area contributed by atoms with Crippen LogP contribution in [0.15, 0.2) is 113 Å². The number of aromatic nitrogens is 1. The number of hydrazone groups is 1. The summed E-state index contributed by atoms with van der Waals surface area (Å²) in [5, 5.41) is 3.98. The summed E-state index contributed by atoms with van der Waals surface area (Å²) in [5.41, 5.74) is 4.32. The molecule has 9 nitrogen and oxygen atoms in total.